The smallest absolute Gasteiger partial charge is 0.391 e. The van der Waals surface area contributed by atoms with Gasteiger partial charge in [-0.1, -0.05) is 64.3 Å². The number of aliphatic hydroxyl groups excluding tert-OH is 1. The van der Waals surface area contributed by atoms with E-state index in [1.807, 2.05) is 88.2 Å². The van der Waals surface area contributed by atoms with Crippen LogP contribution in [0.4, 0.5) is 39.3 Å². The van der Waals surface area contributed by atoms with Crippen LogP contribution in [0, 0.1) is 29.9 Å². The highest BCUT2D eigenvalue weighted by Crippen LogP contribution is 2.39. The molecule has 83 heavy (non-hydrogen) atoms. The second-order valence-electron chi connectivity index (χ2n) is 23.7. The first-order valence-corrected chi connectivity index (χ1v) is 29.6. The molecule has 15 nitrogen and oxygen atoms in total. The molecular weight excluding hydrogens is 1090 g/mol. The number of nitrogens with one attached hydrogen (secondary N) is 1. The maximum absolute atomic E-state index is 16.2. The Morgan fingerprint density at radius 1 is 0.783 bits per heavy atom. The van der Waals surface area contributed by atoms with Crippen molar-refractivity contribution in [3.63, 3.8) is 0 Å². The van der Waals surface area contributed by atoms with E-state index in [4.69, 9.17) is 0 Å². The molecule has 0 radical (unpaired) electrons. The molecule has 5 atom stereocenters. The number of carbonyl (C=O) groups is 5. The van der Waals surface area contributed by atoms with Crippen molar-refractivity contribution in [1.82, 2.24) is 29.7 Å². The first-order chi connectivity index (χ1) is 39.4. The molecule has 446 valence electrons. The van der Waals surface area contributed by atoms with Gasteiger partial charge in [0.1, 0.15) is 17.4 Å². The third-order valence-electron chi connectivity index (χ3n) is 16.6. The van der Waals surface area contributed by atoms with Crippen LogP contribution >= 0.6 is 11.3 Å². The zero-order valence-corrected chi connectivity index (χ0v) is 49.2. The topological polar surface area (TPSA) is 172 Å². The molecule has 3 saturated heterocycles. The lowest BCUT2D eigenvalue weighted by Gasteiger charge is -2.44. The minimum Gasteiger partial charge on any atom is -0.391 e. The molecule has 3 fully saturated rings. The Labute approximate surface area is 486 Å². The number of aromatic nitrogens is 3. The van der Waals surface area contributed by atoms with Gasteiger partial charge >= 0.3 is 6.18 Å². The fourth-order valence-electron chi connectivity index (χ4n) is 11.4. The van der Waals surface area contributed by atoms with Crippen LogP contribution < -0.4 is 15.1 Å². The number of anilines is 3. The van der Waals surface area contributed by atoms with Gasteiger partial charge in [-0.25, -0.2) is 23.7 Å². The highest BCUT2D eigenvalue weighted by molar-refractivity contribution is 7.13. The normalized spacial score (nSPS) is 19.3. The van der Waals surface area contributed by atoms with E-state index in [0.717, 1.165) is 53.1 Å². The number of halogens is 5. The summed E-state index contributed by atoms with van der Waals surface area (Å²) < 4.78 is 72.1. The number of piperazine rings is 2. The third-order valence-corrected chi connectivity index (χ3v) is 17.6. The molecule has 5 heterocycles. The van der Waals surface area contributed by atoms with Crippen LogP contribution in [0.2, 0.25) is 0 Å². The number of benzene rings is 3. The summed E-state index contributed by atoms with van der Waals surface area (Å²) in [5, 5.41) is 13.2. The Hall–Kier alpha value is -6.71. The van der Waals surface area contributed by atoms with Crippen molar-refractivity contribution in [1.29, 1.82) is 0 Å². The fraction of sp³-hybridized carbons (Fsp3) is 0.516. The van der Waals surface area contributed by atoms with E-state index >= 15 is 4.39 Å². The van der Waals surface area contributed by atoms with Gasteiger partial charge in [-0.15, -0.1) is 11.3 Å². The number of amides is 3. The largest absolute Gasteiger partial charge is 0.417 e. The SMILES string of the molecule is Cc1ncsc1-c1ccc(CCC(=O)[C@@H]2C[C@@H](O)CN2C(=O)[C@@H](CC(=O)CCCCCCCC(=O)N2CCN(c3ncc(-c4cc(NC(=O)c5ccc(F)cc5C(F)(F)F)c(N5C[C@@H](C)N(C)[C@@H](C)C5)cc4F)cn3)CC2)C(C)(C)C)cc1. The van der Waals surface area contributed by atoms with Crippen molar-refractivity contribution in [3.05, 3.63) is 107 Å². The average Bonchev–Trinajstić information content (AvgIpc) is 4.22. The number of aryl methyl sites for hydroxylation is 2. The molecule has 0 spiro atoms. The molecule has 3 amide bonds. The van der Waals surface area contributed by atoms with Crippen LogP contribution in [0.25, 0.3) is 21.6 Å². The first-order valence-electron chi connectivity index (χ1n) is 28.7. The molecule has 2 N–H and O–H groups in total. The second kappa shape index (κ2) is 26.9. The standard InChI is InChI=1S/C62H76F5N9O6S/c1-38-34-75(35-39(2)72(38)7)53-31-51(64)48(30-52(53)71-58(81)47-21-20-44(63)27-49(47)62(65,66)67)43-32-68-60(69-33-43)74-25-23-73(24-26-74)56(80)14-12-10-8-9-11-13-45(77)28-50(61(4,5)6)59(82)76-36-46(78)29-54(76)55(79)22-17-41-15-18-42(19-16-41)57-40(3)70-37-83-57/h15-16,18-21,27,30-33,37-39,46,50,54,78H,8-14,17,22-26,28-29,34-36H2,1-7H3,(H,71,81)/t38-,39+,46-,50-,54+/m1/s1. The predicted octanol–water partition coefficient (Wildman–Crippen LogP) is 10.8. The number of β-amino-alcohol motifs (C(OH)–C–C–N with tert-alkyl or cyclic N) is 1. The van der Waals surface area contributed by atoms with Gasteiger partial charge in [0, 0.05) is 119 Å². The molecule has 0 unspecified atom stereocenters. The molecule has 0 aliphatic carbocycles. The maximum Gasteiger partial charge on any atom is 0.417 e. The van der Waals surface area contributed by atoms with E-state index in [2.05, 4.69) is 25.2 Å². The molecular formula is C62H76F5N9O6S. The summed E-state index contributed by atoms with van der Waals surface area (Å²) in [5.41, 5.74) is 2.66. The van der Waals surface area contributed by atoms with Crippen molar-refractivity contribution in [3.8, 4) is 21.6 Å². The number of rotatable bonds is 21. The summed E-state index contributed by atoms with van der Waals surface area (Å²) in [6.07, 6.45) is 2.48. The molecule has 3 aliphatic rings. The summed E-state index contributed by atoms with van der Waals surface area (Å²) >= 11 is 1.58. The van der Waals surface area contributed by atoms with Crippen molar-refractivity contribution in [2.24, 2.45) is 11.3 Å². The third kappa shape index (κ3) is 15.5. The summed E-state index contributed by atoms with van der Waals surface area (Å²) in [6.45, 7) is 14.5. The number of ketones is 2. The molecule has 8 rings (SSSR count). The number of likely N-dealkylation sites (tertiary alicyclic amines) is 1. The minimum atomic E-state index is -5.02. The molecule has 2 aromatic heterocycles. The lowest BCUT2D eigenvalue weighted by Crippen LogP contribution is -2.55. The predicted molar refractivity (Wildman–Crippen MR) is 311 cm³/mol. The van der Waals surface area contributed by atoms with Crippen LogP contribution in [0.5, 0.6) is 0 Å². The van der Waals surface area contributed by atoms with Crippen LogP contribution in [0.15, 0.2) is 72.5 Å². The maximum atomic E-state index is 16.2. The van der Waals surface area contributed by atoms with Crippen LogP contribution in [-0.2, 0) is 31.8 Å². The lowest BCUT2D eigenvalue weighted by atomic mass is 9.76. The van der Waals surface area contributed by atoms with E-state index in [0.29, 0.717) is 77.3 Å². The first kappa shape index (κ1) is 62.3. The number of aliphatic hydroxyl groups is 1. The summed E-state index contributed by atoms with van der Waals surface area (Å²) in [5.74, 6) is -3.60. The van der Waals surface area contributed by atoms with Crippen molar-refractivity contribution < 1.29 is 51.0 Å². The van der Waals surface area contributed by atoms with E-state index in [-0.39, 0.29) is 89.8 Å². The second-order valence-corrected chi connectivity index (χ2v) is 24.5. The average molecular weight is 1170 g/mol. The van der Waals surface area contributed by atoms with Gasteiger partial charge in [0.05, 0.1) is 50.7 Å². The summed E-state index contributed by atoms with van der Waals surface area (Å²) in [4.78, 5) is 91.8. The van der Waals surface area contributed by atoms with Crippen molar-refractivity contribution >= 4 is 57.9 Å². The van der Waals surface area contributed by atoms with Crippen LogP contribution in [0.1, 0.15) is 126 Å². The van der Waals surface area contributed by atoms with Gasteiger partial charge in [-0.3, -0.25) is 28.9 Å². The number of likely N-dealkylation sites (N-methyl/N-ethyl adjacent to an activating group) is 1. The Kier molecular flexibility index (Phi) is 20.2. The van der Waals surface area contributed by atoms with Crippen molar-refractivity contribution in [2.75, 3.05) is 68.0 Å². The zero-order chi connectivity index (χ0) is 59.9. The Morgan fingerprint density at radius 3 is 2.06 bits per heavy atom. The van der Waals surface area contributed by atoms with E-state index < -0.39 is 58.3 Å². The van der Waals surface area contributed by atoms with Gasteiger partial charge in [-0.2, -0.15) is 13.2 Å². The number of Topliss-reactive ketones (excluding diaryl/α,β-unsaturated/α-hetero) is 2. The quantitative estimate of drug-likeness (QED) is 0.0527. The fourth-order valence-corrected chi connectivity index (χ4v) is 12.3. The van der Waals surface area contributed by atoms with Crippen LogP contribution in [-0.4, -0.2) is 141 Å². The van der Waals surface area contributed by atoms with Gasteiger partial charge in [0.2, 0.25) is 17.8 Å². The number of hydrogen-bond acceptors (Lipinski definition) is 13. The molecule has 0 saturated carbocycles. The molecule has 3 aromatic carbocycles. The highest BCUT2D eigenvalue weighted by atomic mass is 32.1. The minimum absolute atomic E-state index is 0.000610. The van der Waals surface area contributed by atoms with Gasteiger partial charge in [0.25, 0.3) is 5.91 Å². The van der Waals surface area contributed by atoms with E-state index in [9.17, 15) is 46.6 Å². The van der Waals surface area contributed by atoms with Crippen LogP contribution in [0.3, 0.4) is 0 Å². The zero-order valence-electron chi connectivity index (χ0n) is 48.4. The molecule has 21 heteroatoms. The monoisotopic (exact) mass is 1170 g/mol. The number of unbranched alkanes of at least 4 members (excludes halogenated alkanes) is 4. The summed E-state index contributed by atoms with van der Waals surface area (Å²) in [7, 11) is 1.97. The molecule has 5 aromatic rings. The summed E-state index contributed by atoms with van der Waals surface area (Å²) in [6, 6.07) is 11.8. The number of hydrogen-bond donors (Lipinski definition) is 2. The number of carbonyl (C=O) groups excluding carboxylic acids is 5. The van der Waals surface area contributed by atoms with Gasteiger partial charge in [0.15, 0.2) is 5.78 Å². The lowest BCUT2D eigenvalue weighted by molar-refractivity contribution is -0.146. The number of alkyl halides is 3. The van der Waals surface area contributed by atoms with Gasteiger partial charge < -0.3 is 30.0 Å². The number of thiazole rings is 1. The Bertz CT molecular complexity index is 3100. The number of nitrogens with zero attached hydrogens (tertiary/aromatic N) is 8. The molecule has 0 bridgehead atoms. The van der Waals surface area contributed by atoms with E-state index in [1.54, 1.807) is 16.2 Å². The van der Waals surface area contributed by atoms with Gasteiger partial charge in [-0.05, 0) is 94.0 Å². The molecule has 3 aliphatic heterocycles. The Balaban J connectivity index is 0.773. The van der Waals surface area contributed by atoms with E-state index in [1.165, 1.54) is 29.4 Å². The highest BCUT2D eigenvalue weighted by Gasteiger charge is 2.44. The Morgan fingerprint density at radius 2 is 1.43 bits per heavy atom. The van der Waals surface area contributed by atoms with Crippen molar-refractivity contribution in [2.45, 2.75) is 143 Å².